The van der Waals surface area contributed by atoms with Crippen LogP contribution < -0.4 is 5.32 Å². The summed E-state index contributed by atoms with van der Waals surface area (Å²) in [6.07, 6.45) is 0. The maximum absolute atomic E-state index is 11.9. The van der Waals surface area contributed by atoms with Gasteiger partial charge in [-0.2, -0.15) is 0 Å². The van der Waals surface area contributed by atoms with Gasteiger partial charge in [0.25, 0.3) is 6.04 Å². The van der Waals surface area contributed by atoms with E-state index in [1.165, 1.54) is 0 Å². The first-order valence-electron chi connectivity index (χ1n) is 7.90. The van der Waals surface area contributed by atoms with Crippen molar-refractivity contribution < 1.29 is 4.92 Å². The molecule has 0 fully saturated rings. The van der Waals surface area contributed by atoms with Crippen LogP contribution in [0.2, 0.25) is 5.02 Å². The van der Waals surface area contributed by atoms with Gasteiger partial charge in [-0.25, -0.2) is 0 Å². The highest BCUT2D eigenvalue weighted by atomic mass is 35.5. The zero-order valence-electron chi connectivity index (χ0n) is 13.4. The second-order valence-electron chi connectivity index (χ2n) is 5.68. The van der Waals surface area contributed by atoms with E-state index in [9.17, 15) is 10.1 Å². The number of hydrogen-bond acceptors (Lipinski definition) is 3. The molecule has 2 atom stereocenters. The number of hydrogen-bond donors (Lipinski definition) is 1. The summed E-state index contributed by atoms with van der Waals surface area (Å²) in [5.41, 5.74) is 2.28. The monoisotopic (exact) mass is 352 g/mol. The molecular formula is C20H17ClN2O2. The predicted octanol–water partition coefficient (Wildman–Crippen LogP) is 5.51. The molecule has 3 aromatic carbocycles. The summed E-state index contributed by atoms with van der Waals surface area (Å²) in [7, 11) is 0. The Hall–Kier alpha value is -2.85. The van der Waals surface area contributed by atoms with Gasteiger partial charge in [-0.1, -0.05) is 72.3 Å². The minimum atomic E-state index is -0.917. The molecule has 0 amide bonds. The molecule has 0 heterocycles. The lowest BCUT2D eigenvalue weighted by atomic mass is 9.93. The molecule has 0 bridgehead atoms. The van der Waals surface area contributed by atoms with Crippen LogP contribution in [0, 0.1) is 10.1 Å². The van der Waals surface area contributed by atoms with E-state index in [-0.39, 0.29) is 4.92 Å². The van der Waals surface area contributed by atoms with Crippen LogP contribution in [0.1, 0.15) is 23.2 Å². The van der Waals surface area contributed by atoms with Crippen LogP contribution in [0.4, 0.5) is 5.69 Å². The number of nitro groups is 1. The Bertz CT molecular complexity index is 823. The highest BCUT2D eigenvalue weighted by Crippen LogP contribution is 2.34. The normalized spacial score (nSPS) is 13.0. The summed E-state index contributed by atoms with van der Waals surface area (Å²) in [5.74, 6) is 0. The summed E-state index contributed by atoms with van der Waals surface area (Å²) >= 11 is 5.94. The summed E-state index contributed by atoms with van der Waals surface area (Å²) in [5, 5.41) is 15.8. The van der Waals surface area contributed by atoms with Gasteiger partial charge in [-0.05, 0) is 29.8 Å². The van der Waals surface area contributed by atoms with Gasteiger partial charge in [0.05, 0.1) is 0 Å². The average Bonchev–Trinajstić information content (AvgIpc) is 2.64. The molecule has 1 N–H and O–H groups in total. The molecule has 0 aromatic heterocycles. The van der Waals surface area contributed by atoms with Gasteiger partial charge in [0.15, 0.2) is 0 Å². The Balaban J connectivity index is 2.03. The van der Waals surface area contributed by atoms with Gasteiger partial charge in [-0.15, -0.1) is 0 Å². The minimum Gasteiger partial charge on any atom is -0.372 e. The second-order valence-corrected chi connectivity index (χ2v) is 6.12. The van der Waals surface area contributed by atoms with Crippen LogP contribution in [0.25, 0.3) is 0 Å². The van der Waals surface area contributed by atoms with E-state index in [2.05, 4.69) is 5.32 Å². The highest BCUT2D eigenvalue weighted by molar-refractivity contribution is 6.30. The third-order valence-electron chi connectivity index (χ3n) is 4.01. The van der Waals surface area contributed by atoms with E-state index >= 15 is 0 Å². The standard InChI is InChI=1S/C20H17ClN2O2/c21-17-11-13-18(14-12-17)22-19(15-7-3-1-4-8-15)20(23(24)25)16-9-5-2-6-10-16/h1-14,19-20,22H. The number of nitrogens with zero attached hydrogens (tertiary/aromatic N) is 1. The van der Waals surface area contributed by atoms with Crippen LogP contribution in [0.15, 0.2) is 84.9 Å². The molecule has 25 heavy (non-hydrogen) atoms. The van der Waals surface area contributed by atoms with Crippen molar-refractivity contribution in [3.63, 3.8) is 0 Å². The molecule has 0 aliphatic rings. The largest absolute Gasteiger partial charge is 0.372 e. The molecule has 0 aliphatic carbocycles. The van der Waals surface area contributed by atoms with Crippen molar-refractivity contribution in [3.8, 4) is 0 Å². The molecule has 2 unspecified atom stereocenters. The van der Waals surface area contributed by atoms with Crippen molar-refractivity contribution in [1.29, 1.82) is 0 Å². The van der Waals surface area contributed by atoms with E-state index in [0.717, 1.165) is 11.3 Å². The Labute approximate surface area is 151 Å². The van der Waals surface area contributed by atoms with E-state index < -0.39 is 12.1 Å². The Morgan fingerprint density at radius 2 is 1.32 bits per heavy atom. The molecule has 0 saturated carbocycles. The topological polar surface area (TPSA) is 55.2 Å². The first kappa shape index (κ1) is 17.0. The fourth-order valence-corrected chi connectivity index (χ4v) is 2.94. The van der Waals surface area contributed by atoms with E-state index in [0.29, 0.717) is 10.6 Å². The Morgan fingerprint density at radius 1 is 0.800 bits per heavy atom. The van der Waals surface area contributed by atoms with Crippen molar-refractivity contribution in [2.24, 2.45) is 0 Å². The Kier molecular flexibility index (Phi) is 5.31. The SMILES string of the molecule is O=[N+]([O-])C(c1ccccc1)C(Nc1ccc(Cl)cc1)c1ccccc1. The predicted molar refractivity (Wildman–Crippen MR) is 100 cm³/mol. The third kappa shape index (κ3) is 4.17. The fourth-order valence-electron chi connectivity index (χ4n) is 2.82. The number of rotatable bonds is 6. The van der Waals surface area contributed by atoms with Crippen LogP contribution in [0.5, 0.6) is 0 Å². The number of anilines is 1. The smallest absolute Gasteiger partial charge is 0.261 e. The average molecular weight is 353 g/mol. The maximum Gasteiger partial charge on any atom is 0.261 e. The van der Waals surface area contributed by atoms with Gasteiger partial charge in [0.2, 0.25) is 0 Å². The van der Waals surface area contributed by atoms with Crippen LogP contribution in [0.3, 0.4) is 0 Å². The number of benzene rings is 3. The first-order valence-corrected chi connectivity index (χ1v) is 8.28. The molecule has 4 nitrogen and oxygen atoms in total. The van der Waals surface area contributed by atoms with Crippen molar-refractivity contribution in [2.75, 3.05) is 5.32 Å². The van der Waals surface area contributed by atoms with Gasteiger partial charge in [-0.3, -0.25) is 10.1 Å². The van der Waals surface area contributed by atoms with E-state index in [4.69, 9.17) is 11.6 Å². The van der Waals surface area contributed by atoms with Crippen molar-refractivity contribution in [2.45, 2.75) is 12.1 Å². The molecular weight excluding hydrogens is 336 g/mol. The van der Waals surface area contributed by atoms with Crippen LogP contribution in [-0.2, 0) is 0 Å². The van der Waals surface area contributed by atoms with Gasteiger partial charge in [0, 0.05) is 21.2 Å². The van der Waals surface area contributed by atoms with Gasteiger partial charge in [0.1, 0.15) is 6.04 Å². The van der Waals surface area contributed by atoms with Crippen molar-refractivity contribution >= 4 is 17.3 Å². The second kappa shape index (κ2) is 7.81. The molecule has 5 heteroatoms. The minimum absolute atomic E-state index is 0.240. The lowest BCUT2D eigenvalue weighted by molar-refractivity contribution is -0.532. The zero-order valence-corrected chi connectivity index (χ0v) is 14.1. The molecule has 126 valence electrons. The van der Waals surface area contributed by atoms with E-state index in [1.54, 1.807) is 24.3 Å². The summed E-state index contributed by atoms with van der Waals surface area (Å²) < 4.78 is 0. The lowest BCUT2D eigenvalue weighted by Crippen LogP contribution is -2.25. The number of halogens is 1. The van der Waals surface area contributed by atoms with Gasteiger partial charge < -0.3 is 5.32 Å². The molecule has 0 spiro atoms. The zero-order chi connectivity index (χ0) is 17.6. The van der Waals surface area contributed by atoms with Crippen molar-refractivity contribution in [3.05, 3.63) is 111 Å². The van der Waals surface area contributed by atoms with E-state index in [1.807, 2.05) is 60.7 Å². The molecule has 0 saturated heterocycles. The first-order chi connectivity index (χ1) is 12.1. The lowest BCUT2D eigenvalue weighted by Gasteiger charge is -2.24. The van der Waals surface area contributed by atoms with Crippen LogP contribution in [-0.4, -0.2) is 4.92 Å². The molecule has 0 radical (unpaired) electrons. The maximum atomic E-state index is 11.9. The summed E-state index contributed by atoms with van der Waals surface area (Å²) in [4.78, 5) is 11.7. The highest BCUT2D eigenvalue weighted by Gasteiger charge is 2.34. The molecule has 0 aliphatic heterocycles. The quantitative estimate of drug-likeness (QED) is 0.470. The summed E-state index contributed by atoms with van der Waals surface area (Å²) in [6, 6.07) is 24.2. The Morgan fingerprint density at radius 3 is 1.84 bits per heavy atom. The molecule has 3 rings (SSSR count). The summed E-state index contributed by atoms with van der Waals surface area (Å²) in [6.45, 7) is 0. The van der Waals surface area contributed by atoms with Crippen molar-refractivity contribution in [1.82, 2.24) is 0 Å². The number of nitrogens with one attached hydrogen (secondary N) is 1. The molecule has 3 aromatic rings. The van der Waals surface area contributed by atoms with Crippen LogP contribution >= 0.6 is 11.6 Å². The van der Waals surface area contributed by atoms with Gasteiger partial charge >= 0.3 is 0 Å². The fraction of sp³-hybridized carbons (Fsp3) is 0.100. The third-order valence-corrected chi connectivity index (χ3v) is 4.26.